The Morgan fingerprint density at radius 3 is 2.00 bits per heavy atom. The smallest absolute Gasteiger partial charge is 0.211 e. The molecule has 0 spiro atoms. The normalized spacial score (nSPS) is 15.0. The molecular formula is C15H23NO5S. The maximum absolute atomic E-state index is 11.8. The van der Waals surface area contributed by atoms with Crippen molar-refractivity contribution < 1.29 is 22.6 Å². The maximum atomic E-state index is 11.8. The van der Waals surface area contributed by atoms with Gasteiger partial charge in [-0.2, -0.15) is 4.31 Å². The van der Waals surface area contributed by atoms with E-state index in [-0.39, 0.29) is 6.04 Å². The molecule has 1 aliphatic rings. The molecule has 0 atom stereocenters. The molecule has 0 heterocycles. The van der Waals surface area contributed by atoms with Crippen molar-refractivity contribution in [3.05, 3.63) is 17.7 Å². The minimum absolute atomic E-state index is 0.164. The summed E-state index contributed by atoms with van der Waals surface area (Å²) in [5, 5.41) is 0. The van der Waals surface area contributed by atoms with Gasteiger partial charge in [0.05, 0.1) is 27.6 Å². The lowest BCUT2D eigenvalue weighted by Crippen LogP contribution is -2.33. The van der Waals surface area contributed by atoms with Gasteiger partial charge in [0.25, 0.3) is 0 Å². The first-order chi connectivity index (χ1) is 10.4. The number of methoxy groups -OCH3 is 3. The van der Waals surface area contributed by atoms with Gasteiger partial charge in [-0.3, -0.25) is 0 Å². The fraction of sp³-hybridized carbons (Fsp3) is 0.600. The summed E-state index contributed by atoms with van der Waals surface area (Å²) in [6.07, 6.45) is 3.76. The monoisotopic (exact) mass is 329 g/mol. The zero-order chi connectivity index (χ0) is 16.3. The van der Waals surface area contributed by atoms with Gasteiger partial charge in [-0.25, -0.2) is 8.42 Å². The highest BCUT2D eigenvalue weighted by Gasteiger charge is 2.34. The summed E-state index contributed by atoms with van der Waals surface area (Å²) in [5.74, 6) is 1.69. The third-order valence-corrected chi connectivity index (χ3v) is 5.06. The van der Waals surface area contributed by atoms with E-state index >= 15 is 0 Å². The summed E-state index contributed by atoms with van der Waals surface area (Å²) in [6.45, 7) is 0.460. The topological polar surface area (TPSA) is 65.1 Å². The first-order valence-electron chi connectivity index (χ1n) is 7.16. The quantitative estimate of drug-likeness (QED) is 0.726. The van der Waals surface area contributed by atoms with Crippen LogP contribution in [0, 0.1) is 0 Å². The molecule has 1 aliphatic carbocycles. The molecule has 1 aromatic rings. The second kappa shape index (κ2) is 6.75. The fourth-order valence-corrected chi connectivity index (χ4v) is 3.68. The Labute approximate surface area is 132 Å². The summed E-state index contributed by atoms with van der Waals surface area (Å²) in [6, 6.07) is 3.88. The van der Waals surface area contributed by atoms with Crippen LogP contribution in [-0.2, 0) is 16.4 Å². The average molecular weight is 329 g/mol. The van der Waals surface area contributed by atoms with Gasteiger partial charge in [-0.1, -0.05) is 0 Å². The molecule has 0 saturated heterocycles. The van der Waals surface area contributed by atoms with E-state index in [1.54, 1.807) is 25.6 Å². The SMILES string of the molecule is COc1cc(CCN(C2CC2)S(C)(=O)=O)cc(OC)c1OC. The summed E-state index contributed by atoms with van der Waals surface area (Å²) in [4.78, 5) is 0. The molecule has 0 aliphatic heterocycles. The van der Waals surface area contributed by atoms with Crippen LogP contribution in [0.4, 0.5) is 0 Å². The van der Waals surface area contributed by atoms with Crippen molar-refractivity contribution in [2.45, 2.75) is 25.3 Å². The van der Waals surface area contributed by atoms with E-state index in [0.717, 1.165) is 18.4 Å². The molecule has 6 nitrogen and oxygen atoms in total. The molecule has 0 aromatic heterocycles. The number of rotatable bonds is 8. The van der Waals surface area contributed by atoms with Crippen LogP contribution in [0.3, 0.4) is 0 Å². The van der Waals surface area contributed by atoms with Crippen LogP contribution in [0.25, 0.3) is 0 Å². The van der Waals surface area contributed by atoms with Gasteiger partial charge in [0.2, 0.25) is 15.8 Å². The zero-order valence-electron chi connectivity index (χ0n) is 13.5. The second-order valence-electron chi connectivity index (χ2n) is 5.39. The van der Waals surface area contributed by atoms with Gasteiger partial charge in [0.1, 0.15) is 0 Å². The van der Waals surface area contributed by atoms with Crippen molar-refractivity contribution in [1.29, 1.82) is 0 Å². The van der Waals surface area contributed by atoms with Crippen molar-refractivity contribution in [3.8, 4) is 17.2 Å². The summed E-state index contributed by atoms with van der Waals surface area (Å²) >= 11 is 0. The van der Waals surface area contributed by atoms with Crippen molar-refractivity contribution in [1.82, 2.24) is 4.31 Å². The Bertz CT molecular complexity index is 600. The number of benzene rings is 1. The molecule has 2 rings (SSSR count). The van der Waals surface area contributed by atoms with Gasteiger partial charge >= 0.3 is 0 Å². The van der Waals surface area contributed by atoms with Crippen LogP contribution in [0.2, 0.25) is 0 Å². The van der Waals surface area contributed by atoms with Crippen LogP contribution in [0.1, 0.15) is 18.4 Å². The van der Waals surface area contributed by atoms with Gasteiger partial charge in [-0.15, -0.1) is 0 Å². The molecule has 0 unspecified atom stereocenters. The Kier molecular flexibility index (Phi) is 5.18. The number of hydrogen-bond donors (Lipinski definition) is 0. The highest BCUT2D eigenvalue weighted by Crippen LogP contribution is 2.38. The third kappa shape index (κ3) is 3.84. The van der Waals surface area contributed by atoms with Crippen LogP contribution in [-0.4, -0.2) is 52.9 Å². The first-order valence-corrected chi connectivity index (χ1v) is 9.01. The van der Waals surface area contributed by atoms with Crippen molar-refractivity contribution in [3.63, 3.8) is 0 Å². The van der Waals surface area contributed by atoms with E-state index in [1.165, 1.54) is 6.26 Å². The lowest BCUT2D eigenvalue weighted by Gasteiger charge is -2.20. The highest BCUT2D eigenvalue weighted by molar-refractivity contribution is 7.88. The minimum Gasteiger partial charge on any atom is -0.493 e. The molecule has 1 saturated carbocycles. The average Bonchev–Trinajstić information content (AvgIpc) is 3.29. The molecule has 1 aromatic carbocycles. The van der Waals surface area contributed by atoms with E-state index < -0.39 is 10.0 Å². The molecular weight excluding hydrogens is 306 g/mol. The maximum Gasteiger partial charge on any atom is 0.211 e. The molecule has 22 heavy (non-hydrogen) atoms. The fourth-order valence-electron chi connectivity index (χ4n) is 2.50. The van der Waals surface area contributed by atoms with Crippen molar-refractivity contribution in [2.75, 3.05) is 34.1 Å². The molecule has 0 N–H and O–H groups in total. The Hall–Kier alpha value is -1.47. The molecule has 7 heteroatoms. The third-order valence-electron chi connectivity index (χ3n) is 3.73. The Morgan fingerprint density at radius 2 is 1.64 bits per heavy atom. The first kappa shape index (κ1) is 16.9. The van der Waals surface area contributed by atoms with Crippen molar-refractivity contribution in [2.24, 2.45) is 0 Å². The van der Waals surface area contributed by atoms with Crippen LogP contribution >= 0.6 is 0 Å². The van der Waals surface area contributed by atoms with Crippen LogP contribution in [0.5, 0.6) is 17.2 Å². The van der Waals surface area contributed by atoms with E-state index in [2.05, 4.69) is 0 Å². The van der Waals surface area contributed by atoms with E-state index in [0.29, 0.717) is 30.2 Å². The summed E-state index contributed by atoms with van der Waals surface area (Å²) in [5.41, 5.74) is 0.948. The standard InChI is InChI=1S/C15H23NO5S/c1-19-13-9-11(10-14(20-2)15(13)21-3)7-8-16(12-5-6-12)22(4,17)18/h9-10,12H,5-8H2,1-4H3. The number of nitrogens with zero attached hydrogens (tertiary/aromatic N) is 1. The zero-order valence-corrected chi connectivity index (χ0v) is 14.3. The largest absolute Gasteiger partial charge is 0.493 e. The van der Waals surface area contributed by atoms with Gasteiger partial charge in [-0.05, 0) is 37.0 Å². The second-order valence-corrected chi connectivity index (χ2v) is 7.32. The van der Waals surface area contributed by atoms with E-state index in [9.17, 15) is 8.42 Å². The number of hydrogen-bond acceptors (Lipinski definition) is 5. The lowest BCUT2D eigenvalue weighted by atomic mass is 10.1. The highest BCUT2D eigenvalue weighted by atomic mass is 32.2. The molecule has 0 radical (unpaired) electrons. The van der Waals surface area contributed by atoms with E-state index in [1.807, 2.05) is 12.1 Å². The van der Waals surface area contributed by atoms with Gasteiger partial charge in [0, 0.05) is 12.6 Å². The predicted octanol–water partition coefficient (Wildman–Crippen LogP) is 1.68. The summed E-state index contributed by atoms with van der Waals surface area (Å²) in [7, 11) is 1.51. The van der Waals surface area contributed by atoms with Gasteiger partial charge < -0.3 is 14.2 Å². The molecule has 0 bridgehead atoms. The Balaban J connectivity index is 2.18. The number of sulfonamides is 1. The lowest BCUT2D eigenvalue weighted by molar-refractivity contribution is 0.323. The molecule has 124 valence electrons. The predicted molar refractivity (Wildman–Crippen MR) is 84.4 cm³/mol. The van der Waals surface area contributed by atoms with Gasteiger partial charge in [0.15, 0.2) is 11.5 Å². The summed E-state index contributed by atoms with van der Waals surface area (Å²) < 4.78 is 41.2. The van der Waals surface area contributed by atoms with Crippen LogP contribution in [0.15, 0.2) is 12.1 Å². The van der Waals surface area contributed by atoms with Crippen molar-refractivity contribution >= 4 is 10.0 Å². The Morgan fingerprint density at radius 1 is 1.09 bits per heavy atom. The van der Waals surface area contributed by atoms with Crippen LogP contribution < -0.4 is 14.2 Å². The van der Waals surface area contributed by atoms with E-state index in [4.69, 9.17) is 14.2 Å². The molecule has 1 fully saturated rings. The minimum atomic E-state index is -3.17. The number of ether oxygens (including phenoxy) is 3. The molecule has 0 amide bonds.